The number of aromatic nitrogens is 3. The molecule has 1 saturated heterocycles. The first kappa shape index (κ1) is 25.5. The van der Waals surface area contributed by atoms with Crippen molar-refractivity contribution in [2.24, 2.45) is 0 Å². The van der Waals surface area contributed by atoms with Gasteiger partial charge in [-0.1, -0.05) is 35.5 Å². The average Bonchev–Trinajstić information content (AvgIpc) is 3.36. The lowest BCUT2D eigenvalue weighted by Gasteiger charge is -2.26. The average molecular weight is 516 g/mol. The Morgan fingerprint density at radius 3 is 2.66 bits per heavy atom. The summed E-state index contributed by atoms with van der Waals surface area (Å²) in [7, 11) is 1.64. The van der Waals surface area contributed by atoms with Gasteiger partial charge in [-0.2, -0.15) is 0 Å². The maximum absolute atomic E-state index is 12.8. The SMILES string of the molecule is COc1ccc([C@H](CC(=O)NCCCN2CCOCC2)Sc2n[nH]c(-c3ccc(Cl)cc3)n2)cc1. The molecule has 0 unspecified atom stereocenters. The highest BCUT2D eigenvalue weighted by Gasteiger charge is 2.20. The zero-order chi connectivity index (χ0) is 24.5. The number of amides is 1. The molecule has 0 spiro atoms. The third-order valence-corrected chi connectivity index (χ3v) is 7.13. The molecule has 1 amide bonds. The normalized spacial score (nSPS) is 15.0. The molecular formula is C25H30ClN5O3S. The van der Waals surface area contributed by atoms with E-state index in [4.69, 9.17) is 21.1 Å². The Labute approximate surface area is 214 Å². The monoisotopic (exact) mass is 515 g/mol. The van der Waals surface area contributed by atoms with Crippen molar-refractivity contribution in [1.29, 1.82) is 0 Å². The maximum atomic E-state index is 12.8. The molecule has 0 radical (unpaired) electrons. The third kappa shape index (κ3) is 7.70. The molecule has 0 bridgehead atoms. The van der Waals surface area contributed by atoms with Crippen LogP contribution in [-0.2, 0) is 9.53 Å². The molecule has 4 rings (SSSR count). The van der Waals surface area contributed by atoms with Crippen LogP contribution in [0.15, 0.2) is 53.7 Å². The first-order valence-corrected chi connectivity index (χ1v) is 12.9. The Morgan fingerprint density at radius 1 is 1.20 bits per heavy atom. The molecule has 1 aromatic heterocycles. The van der Waals surface area contributed by atoms with Crippen molar-refractivity contribution in [3.05, 3.63) is 59.1 Å². The van der Waals surface area contributed by atoms with Gasteiger partial charge in [0.1, 0.15) is 5.75 Å². The third-order valence-electron chi connectivity index (χ3n) is 5.77. The molecule has 0 aliphatic carbocycles. The number of methoxy groups -OCH3 is 1. The molecule has 1 aliphatic rings. The largest absolute Gasteiger partial charge is 0.497 e. The molecule has 3 aromatic rings. The smallest absolute Gasteiger partial charge is 0.221 e. The number of carbonyl (C=O) groups is 1. The highest BCUT2D eigenvalue weighted by Crippen LogP contribution is 2.37. The zero-order valence-electron chi connectivity index (χ0n) is 19.7. The Balaban J connectivity index is 1.37. The topological polar surface area (TPSA) is 92.4 Å². The summed E-state index contributed by atoms with van der Waals surface area (Å²) in [6.45, 7) is 5.10. The van der Waals surface area contributed by atoms with E-state index in [1.807, 2.05) is 48.5 Å². The van der Waals surface area contributed by atoms with E-state index < -0.39 is 0 Å². The highest BCUT2D eigenvalue weighted by molar-refractivity contribution is 7.99. The Bertz CT molecular complexity index is 1070. The van der Waals surface area contributed by atoms with Gasteiger partial charge in [-0.25, -0.2) is 4.98 Å². The lowest BCUT2D eigenvalue weighted by Crippen LogP contribution is -2.38. The van der Waals surface area contributed by atoms with Gasteiger partial charge in [-0.05, 0) is 54.9 Å². The standard InChI is InChI=1S/C25H30ClN5O3S/c1-33-21-9-5-18(6-10-21)22(17-23(32)27-11-2-12-31-13-15-34-16-14-31)35-25-28-24(29-30-25)19-3-7-20(26)8-4-19/h3-10,22H,2,11-17H2,1H3,(H,27,32)(H,28,29,30)/t22-/m0/s1. The van der Waals surface area contributed by atoms with Crippen molar-refractivity contribution in [1.82, 2.24) is 25.4 Å². The number of hydrogen-bond donors (Lipinski definition) is 2. The summed E-state index contributed by atoms with van der Waals surface area (Å²) in [5.74, 6) is 1.44. The first-order valence-electron chi connectivity index (χ1n) is 11.7. The predicted octanol–water partition coefficient (Wildman–Crippen LogP) is 4.20. The van der Waals surface area contributed by atoms with Crippen molar-refractivity contribution in [2.45, 2.75) is 23.2 Å². The molecule has 1 fully saturated rings. The van der Waals surface area contributed by atoms with Gasteiger partial charge in [0.15, 0.2) is 5.82 Å². The second-order valence-corrected chi connectivity index (χ2v) is 9.82. The van der Waals surface area contributed by atoms with E-state index in [1.54, 1.807) is 7.11 Å². The molecule has 2 heterocycles. The van der Waals surface area contributed by atoms with E-state index >= 15 is 0 Å². The van der Waals surface area contributed by atoms with E-state index in [0.717, 1.165) is 56.1 Å². The second kappa shape index (κ2) is 12.9. The molecule has 1 aliphatic heterocycles. The number of carbonyl (C=O) groups excluding carboxylic acids is 1. The summed E-state index contributed by atoms with van der Waals surface area (Å²) in [5, 5.41) is 11.5. The van der Waals surface area contributed by atoms with E-state index in [9.17, 15) is 4.79 Å². The first-order chi connectivity index (χ1) is 17.1. The Hall–Kier alpha value is -2.59. The minimum Gasteiger partial charge on any atom is -0.497 e. The van der Waals surface area contributed by atoms with Crippen molar-refractivity contribution in [3.8, 4) is 17.1 Å². The van der Waals surface area contributed by atoms with Crippen LogP contribution in [0, 0.1) is 0 Å². The summed E-state index contributed by atoms with van der Waals surface area (Å²) < 4.78 is 10.7. The second-order valence-electron chi connectivity index (χ2n) is 8.21. The molecule has 2 N–H and O–H groups in total. The van der Waals surface area contributed by atoms with Crippen molar-refractivity contribution < 1.29 is 14.3 Å². The number of nitrogens with zero attached hydrogens (tertiary/aromatic N) is 3. The molecule has 1 atom stereocenters. The van der Waals surface area contributed by atoms with Crippen molar-refractivity contribution in [2.75, 3.05) is 46.5 Å². The van der Waals surface area contributed by atoms with Crippen LogP contribution < -0.4 is 10.1 Å². The molecule has 2 aromatic carbocycles. The number of halogens is 1. The zero-order valence-corrected chi connectivity index (χ0v) is 21.3. The summed E-state index contributed by atoms with van der Waals surface area (Å²) in [6.07, 6.45) is 1.23. The van der Waals surface area contributed by atoms with Crippen LogP contribution in [0.5, 0.6) is 5.75 Å². The van der Waals surface area contributed by atoms with Gasteiger partial charge in [-0.3, -0.25) is 14.8 Å². The Kier molecular flexibility index (Phi) is 9.42. The number of rotatable bonds is 11. The van der Waals surface area contributed by atoms with Crippen LogP contribution in [0.1, 0.15) is 23.7 Å². The summed E-state index contributed by atoms with van der Waals surface area (Å²) in [5.41, 5.74) is 1.91. The molecule has 0 saturated carbocycles. The summed E-state index contributed by atoms with van der Waals surface area (Å²) in [4.78, 5) is 19.8. The number of H-pyrrole nitrogens is 1. The van der Waals surface area contributed by atoms with Crippen LogP contribution in [0.2, 0.25) is 5.02 Å². The van der Waals surface area contributed by atoms with Gasteiger partial charge >= 0.3 is 0 Å². The van der Waals surface area contributed by atoms with E-state index in [-0.39, 0.29) is 11.2 Å². The predicted molar refractivity (Wildman–Crippen MR) is 138 cm³/mol. The van der Waals surface area contributed by atoms with Crippen molar-refractivity contribution >= 4 is 29.3 Å². The minimum absolute atomic E-state index is 0.00811. The molecule has 35 heavy (non-hydrogen) atoms. The number of benzene rings is 2. The molecule has 186 valence electrons. The number of nitrogens with one attached hydrogen (secondary N) is 2. The number of morpholine rings is 1. The van der Waals surface area contributed by atoms with Gasteiger partial charge in [0.2, 0.25) is 11.1 Å². The van der Waals surface area contributed by atoms with Gasteiger partial charge < -0.3 is 14.8 Å². The molecule has 8 nitrogen and oxygen atoms in total. The van der Waals surface area contributed by atoms with E-state index in [0.29, 0.717) is 29.0 Å². The fourth-order valence-corrected chi connectivity index (χ4v) is 4.96. The quantitative estimate of drug-likeness (QED) is 0.292. The number of aromatic amines is 1. The van der Waals surface area contributed by atoms with Gasteiger partial charge in [0.05, 0.1) is 20.3 Å². The lowest BCUT2D eigenvalue weighted by molar-refractivity contribution is -0.121. The minimum atomic E-state index is -0.144. The number of hydrogen-bond acceptors (Lipinski definition) is 7. The van der Waals surface area contributed by atoms with E-state index in [1.165, 1.54) is 11.8 Å². The number of ether oxygens (including phenoxy) is 2. The van der Waals surface area contributed by atoms with Crippen LogP contribution in [0.3, 0.4) is 0 Å². The summed E-state index contributed by atoms with van der Waals surface area (Å²) in [6, 6.07) is 15.2. The van der Waals surface area contributed by atoms with Crippen molar-refractivity contribution in [3.63, 3.8) is 0 Å². The van der Waals surface area contributed by atoms with E-state index in [2.05, 4.69) is 25.4 Å². The van der Waals surface area contributed by atoms with Gasteiger partial charge in [0.25, 0.3) is 0 Å². The van der Waals surface area contributed by atoms with Crippen LogP contribution in [0.25, 0.3) is 11.4 Å². The molecular weight excluding hydrogens is 486 g/mol. The van der Waals surface area contributed by atoms with Crippen LogP contribution in [-0.4, -0.2) is 72.5 Å². The fraction of sp³-hybridized carbons (Fsp3) is 0.400. The Morgan fingerprint density at radius 2 is 1.94 bits per heavy atom. The van der Waals surface area contributed by atoms with Crippen LogP contribution in [0.4, 0.5) is 0 Å². The number of thioether (sulfide) groups is 1. The maximum Gasteiger partial charge on any atom is 0.221 e. The highest BCUT2D eigenvalue weighted by atomic mass is 35.5. The lowest BCUT2D eigenvalue weighted by atomic mass is 10.1. The molecule has 10 heteroatoms. The fourth-order valence-electron chi connectivity index (χ4n) is 3.81. The van der Waals surface area contributed by atoms with Gasteiger partial charge in [0, 0.05) is 41.9 Å². The summed E-state index contributed by atoms with van der Waals surface area (Å²) >= 11 is 7.45. The van der Waals surface area contributed by atoms with Crippen LogP contribution >= 0.6 is 23.4 Å². The van der Waals surface area contributed by atoms with Gasteiger partial charge in [-0.15, -0.1) is 5.10 Å².